The molecular weight excluding hydrogens is 355 g/mol. The highest BCUT2D eigenvalue weighted by Gasteiger charge is 2.44. The predicted octanol–water partition coefficient (Wildman–Crippen LogP) is 2.69. The molecule has 1 aromatic rings. The molecule has 1 aromatic carbocycles. The Kier molecular flexibility index (Phi) is 5.03. The minimum Gasteiger partial charge on any atom is -0.485 e. The van der Waals surface area contributed by atoms with Gasteiger partial charge in [-0.25, -0.2) is 14.0 Å². The average Bonchev–Trinajstić information content (AvgIpc) is 3.00. The van der Waals surface area contributed by atoms with E-state index in [0.717, 1.165) is 13.0 Å². The summed E-state index contributed by atoms with van der Waals surface area (Å²) >= 11 is 0. The number of methoxy groups -OCH3 is 1. The van der Waals surface area contributed by atoms with Crippen molar-refractivity contribution in [1.29, 1.82) is 0 Å². The molecule has 3 rings (SSSR count). The molecule has 27 heavy (non-hydrogen) atoms. The molecule has 2 aliphatic rings. The fourth-order valence-corrected chi connectivity index (χ4v) is 3.51. The second-order valence-corrected chi connectivity index (χ2v) is 7.98. The van der Waals surface area contributed by atoms with E-state index in [9.17, 15) is 14.0 Å². The van der Waals surface area contributed by atoms with Gasteiger partial charge in [-0.15, -0.1) is 0 Å². The summed E-state index contributed by atoms with van der Waals surface area (Å²) in [5.74, 6) is -1.13. The normalized spacial score (nSPS) is 24.1. The van der Waals surface area contributed by atoms with Crippen LogP contribution in [0.2, 0.25) is 0 Å². The van der Waals surface area contributed by atoms with Gasteiger partial charge in [0.2, 0.25) is 0 Å². The molecule has 2 unspecified atom stereocenters. The van der Waals surface area contributed by atoms with E-state index >= 15 is 0 Å². The highest BCUT2D eigenvalue weighted by molar-refractivity contribution is 5.90. The van der Waals surface area contributed by atoms with Gasteiger partial charge in [0.25, 0.3) is 0 Å². The highest BCUT2D eigenvalue weighted by atomic mass is 19.1. The maximum absolute atomic E-state index is 14.5. The smallest absolute Gasteiger partial charge is 0.408 e. The van der Waals surface area contributed by atoms with Crippen LogP contribution < -0.4 is 15.4 Å². The second kappa shape index (κ2) is 6.99. The fourth-order valence-electron chi connectivity index (χ4n) is 3.51. The lowest BCUT2D eigenvalue weighted by molar-refractivity contribution is 0.0316. The van der Waals surface area contributed by atoms with Crippen LogP contribution in [0.1, 0.15) is 55.6 Å². The Balaban J connectivity index is 1.95. The van der Waals surface area contributed by atoms with E-state index in [4.69, 9.17) is 9.47 Å². The fraction of sp³-hybridized carbons (Fsp3) is 0.579. The molecular formula is C19H25FN2O5. The molecule has 2 N–H and O–H groups in total. The number of benzene rings is 1. The van der Waals surface area contributed by atoms with Gasteiger partial charge in [0.1, 0.15) is 22.8 Å². The van der Waals surface area contributed by atoms with Crippen molar-refractivity contribution >= 4 is 12.1 Å². The van der Waals surface area contributed by atoms with E-state index in [1.807, 2.05) is 0 Å². The summed E-state index contributed by atoms with van der Waals surface area (Å²) in [5.41, 5.74) is -0.901. The molecule has 0 bridgehead atoms. The lowest BCUT2D eigenvalue weighted by Crippen LogP contribution is -2.47. The van der Waals surface area contributed by atoms with Crippen LogP contribution in [0, 0.1) is 5.82 Å². The topological polar surface area (TPSA) is 85.9 Å². The second-order valence-electron chi connectivity index (χ2n) is 7.98. The molecule has 2 atom stereocenters. The van der Waals surface area contributed by atoms with Crippen LogP contribution in [0.4, 0.5) is 9.18 Å². The van der Waals surface area contributed by atoms with Crippen LogP contribution in [0.5, 0.6) is 5.75 Å². The van der Waals surface area contributed by atoms with E-state index in [0.29, 0.717) is 24.3 Å². The van der Waals surface area contributed by atoms with Crippen LogP contribution in [-0.4, -0.2) is 43.5 Å². The Morgan fingerprint density at radius 1 is 1.37 bits per heavy atom. The zero-order valence-corrected chi connectivity index (χ0v) is 16.0. The molecule has 0 aliphatic carbocycles. The number of halogens is 1. The third-order valence-corrected chi connectivity index (χ3v) is 4.68. The van der Waals surface area contributed by atoms with E-state index in [2.05, 4.69) is 15.4 Å². The first-order valence-electron chi connectivity index (χ1n) is 8.93. The standard InChI is InChI=1S/C19H25FN2O5/c1-18(2,3)27-17(24)22-14-9-19(5-6-21-10-19)26-15-8-11(16(23)25-4)13(20)7-12(14)15/h7-8,14,21H,5-6,9-10H2,1-4H3,(H,22,24). The van der Waals surface area contributed by atoms with Gasteiger partial charge < -0.3 is 24.8 Å². The van der Waals surface area contributed by atoms with Crippen molar-refractivity contribution in [2.75, 3.05) is 20.2 Å². The van der Waals surface area contributed by atoms with E-state index < -0.39 is 35.1 Å². The number of amides is 1. The molecule has 8 heteroatoms. The summed E-state index contributed by atoms with van der Waals surface area (Å²) in [7, 11) is 1.19. The van der Waals surface area contributed by atoms with Crippen LogP contribution in [0.3, 0.4) is 0 Å². The highest BCUT2D eigenvalue weighted by Crippen LogP contribution is 2.43. The SMILES string of the molecule is COC(=O)c1cc2c(cc1F)C(NC(=O)OC(C)(C)C)CC1(CCNC1)O2. The number of fused-ring (bicyclic) bond motifs is 1. The minimum atomic E-state index is -0.778. The quantitative estimate of drug-likeness (QED) is 0.768. The van der Waals surface area contributed by atoms with Crippen molar-refractivity contribution in [3.63, 3.8) is 0 Å². The maximum Gasteiger partial charge on any atom is 0.408 e. The number of nitrogens with one attached hydrogen (secondary N) is 2. The van der Waals surface area contributed by atoms with Crippen molar-refractivity contribution in [1.82, 2.24) is 10.6 Å². The Bertz CT molecular complexity index is 753. The van der Waals surface area contributed by atoms with Gasteiger partial charge in [-0.3, -0.25) is 0 Å². The van der Waals surface area contributed by atoms with Crippen molar-refractivity contribution in [2.24, 2.45) is 0 Å². The Hall–Kier alpha value is -2.35. The number of carbonyl (C=O) groups is 2. The number of hydrogen-bond donors (Lipinski definition) is 2. The van der Waals surface area contributed by atoms with Crippen LogP contribution in [-0.2, 0) is 9.47 Å². The van der Waals surface area contributed by atoms with Gasteiger partial charge in [0, 0.05) is 24.9 Å². The zero-order chi connectivity index (χ0) is 19.8. The van der Waals surface area contributed by atoms with Crippen LogP contribution in [0.15, 0.2) is 12.1 Å². The number of esters is 1. The van der Waals surface area contributed by atoms with Crippen molar-refractivity contribution in [3.05, 3.63) is 29.1 Å². The summed E-state index contributed by atoms with van der Waals surface area (Å²) in [5, 5.41) is 6.07. The van der Waals surface area contributed by atoms with Crippen molar-refractivity contribution in [3.8, 4) is 5.75 Å². The average molecular weight is 380 g/mol. The summed E-state index contributed by atoms with van der Waals surface area (Å²) < 4.78 is 30.6. The third-order valence-electron chi connectivity index (χ3n) is 4.68. The Morgan fingerprint density at radius 2 is 2.11 bits per heavy atom. The molecule has 2 heterocycles. The molecule has 7 nitrogen and oxygen atoms in total. The maximum atomic E-state index is 14.5. The van der Waals surface area contributed by atoms with E-state index in [1.165, 1.54) is 19.2 Å². The lowest BCUT2D eigenvalue weighted by atomic mass is 9.86. The summed E-state index contributed by atoms with van der Waals surface area (Å²) in [6, 6.07) is 2.07. The van der Waals surface area contributed by atoms with Gasteiger partial charge in [-0.05, 0) is 39.4 Å². The minimum absolute atomic E-state index is 0.199. The van der Waals surface area contributed by atoms with Gasteiger partial charge >= 0.3 is 12.1 Å². The van der Waals surface area contributed by atoms with Gasteiger partial charge in [0.05, 0.1) is 18.7 Å². The van der Waals surface area contributed by atoms with Crippen LogP contribution in [0.25, 0.3) is 0 Å². The molecule has 1 amide bonds. The Morgan fingerprint density at radius 3 is 2.70 bits per heavy atom. The first-order valence-corrected chi connectivity index (χ1v) is 8.93. The molecule has 1 saturated heterocycles. The molecule has 1 fully saturated rings. The summed E-state index contributed by atoms with van der Waals surface area (Å²) in [6.45, 7) is 6.70. The largest absolute Gasteiger partial charge is 0.485 e. The first-order chi connectivity index (χ1) is 12.6. The third kappa shape index (κ3) is 4.16. The lowest BCUT2D eigenvalue weighted by Gasteiger charge is -2.40. The number of hydrogen-bond acceptors (Lipinski definition) is 6. The number of alkyl carbamates (subject to hydrolysis) is 1. The number of carbonyl (C=O) groups excluding carboxylic acids is 2. The number of ether oxygens (including phenoxy) is 3. The van der Waals surface area contributed by atoms with Gasteiger partial charge in [-0.1, -0.05) is 0 Å². The van der Waals surface area contributed by atoms with Gasteiger partial charge in [-0.2, -0.15) is 0 Å². The predicted molar refractivity (Wildman–Crippen MR) is 95.3 cm³/mol. The van der Waals surface area contributed by atoms with Crippen molar-refractivity contribution < 1.29 is 28.2 Å². The molecule has 0 saturated carbocycles. The van der Waals surface area contributed by atoms with E-state index in [1.54, 1.807) is 20.8 Å². The zero-order valence-electron chi connectivity index (χ0n) is 16.0. The summed E-state index contributed by atoms with van der Waals surface area (Å²) in [6.07, 6.45) is 0.631. The molecule has 2 aliphatic heterocycles. The Labute approximate surface area is 157 Å². The van der Waals surface area contributed by atoms with E-state index in [-0.39, 0.29) is 5.56 Å². The summed E-state index contributed by atoms with van der Waals surface area (Å²) in [4.78, 5) is 24.1. The molecule has 0 aromatic heterocycles. The van der Waals surface area contributed by atoms with Crippen molar-refractivity contribution in [2.45, 2.75) is 50.9 Å². The van der Waals surface area contributed by atoms with Gasteiger partial charge in [0.15, 0.2) is 0 Å². The molecule has 148 valence electrons. The molecule has 1 spiro atoms. The monoisotopic (exact) mass is 380 g/mol. The van der Waals surface area contributed by atoms with Crippen LogP contribution >= 0.6 is 0 Å². The first kappa shape index (κ1) is 19.4. The molecule has 0 radical (unpaired) electrons. The number of rotatable bonds is 2.